The molecule has 2 aliphatic rings. The predicted octanol–water partition coefficient (Wildman–Crippen LogP) is 3.09. The highest BCUT2D eigenvalue weighted by Gasteiger charge is 2.52. The molecule has 1 aliphatic carbocycles. The van der Waals surface area contributed by atoms with Gasteiger partial charge in [0.1, 0.15) is 12.1 Å². The molecule has 1 heterocycles. The van der Waals surface area contributed by atoms with E-state index in [1.807, 2.05) is 6.92 Å². The summed E-state index contributed by atoms with van der Waals surface area (Å²) in [6, 6.07) is 4.63. The van der Waals surface area contributed by atoms with Crippen LogP contribution in [-0.4, -0.2) is 34.8 Å². The van der Waals surface area contributed by atoms with E-state index >= 15 is 0 Å². The first-order valence-corrected chi connectivity index (χ1v) is 8.89. The van der Waals surface area contributed by atoms with Crippen LogP contribution in [0.3, 0.4) is 0 Å². The number of benzene rings is 1. The molecule has 1 spiro atoms. The van der Waals surface area contributed by atoms with Gasteiger partial charge in [-0.25, -0.2) is 4.79 Å². The Hall–Kier alpha value is -2.08. The fraction of sp³-hybridized carbons (Fsp3) is 0.500. The summed E-state index contributed by atoms with van der Waals surface area (Å²) in [6.07, 6.45) is 3.06. The van der Waals surface area contributed by atoms with Crippen molar-refractivity contribution < 1.29 is 14.4 Å². The number of anilines is 1. The normalized spacial score (nSPS) is 26.0. The summed E-state index contributed by atoms with van der Waals surface area (Å²) in [5.41, 5.74) is 0.610. The predicted molar refractivity (Wildman–Crippen MR) is 95.4 cm³/mol. The van der Waals surface area contributed by atoms with Crippen molar-refractivity contribution in [3.8, 4) is 0 Å². The minimum Gasteiger partial charge on any atom is -0.324 e. The summed E-state index contributed by atoms with van der Waals surface area (Å²) < 4.78 is 0. The molecule has 1 saturated heterocycles. The van der Waals surface area contributed by atoms with E-state index in [0.717, 1.165) is 23.3 Å². The van der Waals surface area contributed by atoms with E-state index in [-0.39, 0.29) is 12.5 Å². The zero-order valence-electron chi connectivity index (χ0n) is 14.4. The molecule has 6 nitrogen and oxygen atoms in total. The molecule has 1 aliphatic heterocycles. The molecule has 134 valence electrons. The molecular weight excluding hydrogens is 342 g/mol. The summed E-state index contributed by atoms with van der Waals surface area (Å²) in [5, 5.41) is 6.13. The summed E-state index contributed by atoms with van der Waals surface area (Å²) in [5.74, 6) is -0.136. The number of imide groups is 1. The second kappa shape index (κ2) is 6.67. The van der Waals surface area contributed by atoms with Crippen LogP contribution in [0.2, 0.25) is 5.02 Å². The van der Waals surface area contributed by atoms with Crippen LogP contribution in [0.1, 0.15) is 38.2 Å². The third-order valence-electron chi connectivity index (χ3n) is 5.14. The zero-order chi connectivity index (χ0) is 18.2. The monoisotopic (exact) mass is 363 g/mol. The maximum atomic E-state index is 12.7. The highest BCUT2D eigenvalue weighted by Crippen LogP contribution is 2.36. The molecule has 2 fully saturated rings. The highest BCUT2D eigenvalue weighted by molar-refractivity contribution is 6.30. The smallest absolute Gasteiger partial charge is 0.324 e. The first kappa shape index (κ1) is 17.7. The third-order valence-corrected chi connectivity index (χ3v) is 5.37. The number of nitrogens with zero attached hydrogens (tertiary/aromatic N) is 1. The number of halogens is 1. The Kier molecular flexibility index (Phi) is 4.73. The Morgan fingerprint density at radius 1 is 1.36 bits per heavy atom. The average molecular weight is 364 g/mol. The van der Waals surface area contributed by atoms with E-state index < -0.39 is 17.5 Å². The van der Waals surface area contributed by atoms with Gasteiger partial charge in [-0.1, -0.05) is 18.5 Å². The van der Waals surface area contributed by atoms with Gasteiger partial charge in [-0.3, -0.25) is 14.5 Å². The Morgan fingerprint density at radius 2 is 2.04 bits per heavy atom. The largest absolute Gasteiger partial charge is 0.325 e. The number of hydrogen-bond acceptors (Lipinski definition) is 3. The van der Waals surface area contributed by atoms with Gasteiger partial charge in [0.25, 0.3) is 5.91 Å². The van der Waals surface area contributed by atoms with Gasteiger partial charge in [0, 0.05) is 10.7 Å². The molecule has 0 unspecified atom stereocenters. The Labute approximate surface area is 151 Å². The standard InChI is InChI=1S/C18H22ClN3O3/c1-11-5-7-18(8-6-11)16(24)22(17(25)21-18)10-15(23)20-14-4-3-13(19)9-12(14)2/h3-4,9,11H,5-8,10H2,1-2H3,(H,20,23)(H,21,25). The number of hydrogen-bond donors (Lipinski definition) is 2. The summed E-state index contributed by atoms with van der Waals surface area (Å²) >= 11 is 5.90. The maximum Gasteiger partial charge on any atom is 0.325 e. The van der Waals surface area contributed by atoms with Crippen molar-refractivity contribution in [2.75, 3.05) is 11.9 Å². The first-order valence-electron chi connectivity index (χ1n) is 8.51. The molecule has 0 radical (unpaired) electrons. The molecule has 25 heavy (non-hydrogen) atoms. The summed E-state index contributed by atoms with van der Waals surface area (Å²) in [6.45, 7) is 3.69. The van der Waals surface area contributed by atoms with E-state index in [4.69, 9.17) is 11.6 Å². The lowest BCUT2D eigenvalue weighted by atomic mass is 9.77. The van der Waals surface area contributed by atoms with E-state index in [2.05, 4.69) is 17.6 Å². The van der Waals surface area contributed by atoms with Gasteiger partial charge in [0.2, 0.25) is 5.91 Å². The van der Waals surface area contributed by atoms with Crippen molar-refractivity contribution >= 4 is 35.1 Å². The first-order chi connectivity index (χ1) is 11.8. The van der Waals surface area contributed by atoms with Gasteiger partial charge in [-0.15, -0.1) is 0 Å². The number of carbonyl (C=O) groups is 3. The second-order valence-electron chi connectivity index (χ2n) is 7.09. The Bertz CT molecular complexity index is 726. The minimum atomic E-state index is -0.819. The van der Waals surface area contributed by atoms with Crippen molar-refractivity contribution in [1.29, 1.82) is 0 Å². The lowest BCUT2D eigenvalue weighted by Crippen LogP contribution is -2.49. The molecule has 2 N–H and O–H groups in total. The summed E-state index contributed by atoms with van der Waals surface area (Å²) in [4.78, 5) is 38.3. The molecular formula is C18H22ClN3O3. The lowest BCUT2D eigenvalue weighted by molar-refractivity contribution is -0.135. The van der Waals surface area contributed by atoms with Gasteiger partial charge in [0.15, 0.2) is 0 Å². The van der Waals surface area contributed by atoms with Crippen LogP contribution in [0, 0.1) is 12.8 Å². The van der Waals surface area contributed by atoms with Crippen LogP contribution in [0.15, 0.2) is 18.2 Å². The van der Waals surface area contributed by atoms with E-state index in [0.29, 0.717) is 29.5 Å². The average Bonchev–Trinajstić information content (AvgIpc) is 2.78. The van der Waals surface area contributed by atoms with Crippen molar-refractivity contribution in [3.63, 3.8) is 0 Å². The lowest BCUT2D eigenvalue weighted by Gasteiger charge is -2.33. The second-order valence-corrected chi connectivity index (χ2v) is 7.53. The zero-order valence-corrected chi connectivity index (χ0v) is 15.2. The molecule has 0 atom stereocenters. The van der Waals surface area contributed by atoms with E-state index in [1.165, 1.54) is 0 Å². The third kappa shape index (κ3) is 3.49. The molecule has 0 bridgehead atoms. The van der Waals surface area contributed by atoms with Crippen molar-refractivity contribution in [1.82, 2.24) is 10.2 Å². The van der Waals surface area contributed by atoms with E-state index in [9.17, 15) is 14.4 Å². The van der Waals surface area contributed by atoms with Gasteiger partial charge in [0.05, 0.1) is 0 Å². The Morgan fingerprint density at radius 3 is 2.68 bits per heavy atom. The SMILES string of the molecule is Cc1cc(Cl)ccc1NC(=O)CN1C(=O)NC2(CCC(C)CC2)C1=O. The summed E-state index contributed by atoms with van der Waals surface area (Å²) in [7, 11) is 0. The number of carbonyl (C=O) groups excluding carboxylic acids is 3. The fourth-order valence-electron chi connectivity index (χ4n) is 3.51. The molecule has 1 aromatic carbocycles. The van der Waals surface area contributed by atoms with Gasteiger partial charge in [-0.2, -0.15) is 0 Å². The van der Waals surface area contributed by atoms with Crippen LogP contribution in [-0.2, 0) is 9.59 Å². The topological polar surface area (TPSA) is 78.5 Å². The van der Waals surface area contributed by atoms with Crippen LogP contribution >= 0.6 is 11.6 Å². The van der Waals surface area contributed by atoms with Crippen LogP contribution in [0.4, 0.5) is 10.5 Å². The van der Waals surface area contributed by atoms with Crippen molar-refractivity contribution in [3.05, 3.63) is 28.8 Å². The van der Waals surface area contributed by atoms with Crippen LogP contribution < -0.4 is 10.6 Å². The van der Waals surface area contributed by atoms with Gasteiger partial charge < -0.3 is 10.6 Å². The number of rotatable bonds is 3. The highest BCUT2D eigenvalue weighted by atomic mass is 35.5. The molecule has 0 aromatic heterocycles. The number of urea groups is 1. The molecule has 1 aromatic rings. The molecule has 7 heteroatoms. The van der Waals surface area contributed by atoms with Gasteiger partial charge >= 0.3 is 6.03 Å². The maximum absolute atomic E-state index is 12.7. The number of aryl methyl sites for hydroxylation is 1. The van der Waals surface area contributed by atoms with Crippen LogP contribution in [0.25, 0.3) is 0 Å². The van der Waals surface area contributed by atoms with E-state index in [1.54, 1.807) is 18.2 Å². The number of amides is 4. The quantitative estimate of drug-likeness (QED) is 0.810. The van der Waals surface area contributed by atoms with Gasteiger partial charge in [-0.05, 0) is 62.3 Å². The molecule has 1 saturated carbocycles. The minimum absolute atomic E-state index is 0.285. The fourth-order valence-corrected chi connectivity index (χ4v) is 3.74. The van der Waals surface area contributed by atoms with Crippen molar-refractivity contribution in [2.24, 2.45) is 5.92 Å². The number of nitrogens with one attached hydrogen (secondary N) is 2. The van der Waals surface area contributed by atoms with Crippen molar-refractivity contribution in [2.45, 2.75) is 45.1 Å². The Balaban J connectivity index is 1.67. The molecule has 4 amide bonds. The molecule has 3 rings (SSSR count). The van der Waals surface area contributed by atoms with Crippen LogP contribution in [0.5, 0.6) is 0 Å².